The quantitative estimate of drug-likeness (QED) is 0.730. The van der Waals surface area contributed by atoms with Gasteiger partial charge in [0.2, 0.25) is 0 Å². The van der Waals surface area contributed by atoms with Crippen LogP contribution < -0.4 is 5.56 Å². The molecule has 2 aromatic heterocycles. The van der Waals surface area contributed by atoms with Crippen molar-refractivity contribution in [2.24, 2.45) is 0 Å². The molecule has 0 aliphatic carbocycles. The molecule has 2 heterocycles. The van der Waals surface area contributed by atoms with Gasteiger partial charge in [-0.3, -0.25) is 9.20 Å². The van der Waals surface area contributed by atoms with Gasteiger partial charge in [-0.15, -0.1) is 0 Å². The van der Waals surface area contributed by atoms with Gasteiger partial charge in [-0.25, -0.2) is 4.98 Å². The number of aromatic nitrogens is 3. The second-order valence-electron chi connectivity index (χ2n) is 5.00. The van der Waals surface area contributed by atoms with Gasteiger partial charge in [-0.2, -0.15) is 0 Å². The summed E-state index contributed by atoms with van der Waals surface area (Å²) in [5.41, 5.74) is 2.74. The molecule has 0 radical (unpaired) electrons. The van der Waals surface area contributed by atoms with Gasteiger partial charge in [0, 0.05) is 18.9 Å². The maximum atomic E-state index is 12.5. The van der Waals surface area contributed by atoms with E-state index in [1.807, 2.05) is 48.8 Å². The van der Waals surface area contributed by atoms with Crippen LogP contribution in [0.4, 0.5) is 0 Å². The fraction of sp³-hybridized carbons (Fsp3) is 0.250. The summed E-state index contributed by atoms with van der Waals surface area (Å²) in [6.45, 7) is 4.47. The Hall–Kier alpha value is -2.36. The molecule has 4 heteroatoms. The van der Waals surface area contributed by atoms with Crippen molar-refractivity contribution >= 4 is 5.52 Å². The van der Waals surface area contributed by atoms with Gasteiger partial charge in [0.1, 0.15) is 11.3 Å². The Morgan fingerprint density at radius 3 is 2.60 bits per heavy atom. The minimum Gasteiger partial charge on any atom is -0.312 e. The van der Waals surface area contributed by atoms with Crippen LogP contribution in [0.15, 0.2) is 47.5 Å². The summed E-state index contributed by atoms with van der Waals surface area (Å²) in [6, 6.07) is 10.2. The van der Waals surface area contributed by atoms with Crippen LogP contribution >= 0.6 is 0 Å². The van der Waals surface area contributed by atoms with E-state index in [2.05, 4.69) is 17.1 Å². The summed E-state index contributed by atoms with van der Waals surface area (Å²) in [5, 5.41) is 0. The number of imidazole rings is 1. The van der Waals surface area contributed by atoms with Crippen molar-refractivity contribution in [2.75, 3.05) is 0 Å². The van der Waals surface area contributed by atoms with Crippen molar-refractivity contribution in [3.8, 4) is 0 Å². The van der Waals surface area contributed by atoms with Crippen LogP contribution in [-0.4, -0.2) is 14.0 Å². The van der Waals surface area contributed by atoms with Crippen molar-refractivity contribution in [3.05, 3.63) is 70.2 Å². The lowest BCUT2D eigenvalue weighted by atomic mass is 10.1. The number of rotatable bonds is 3. The molecule has 0 amide bonds. The van der Waals surface area contributed by atoms with E-state index in [1.54, 1.807) is 4.57 Å². The largest absolute Gasteiger partial charge is 0.312 e. The highest BCUT2D eigenvalue weighted by molar-refractivity contribution is 5.50. The molecule has 0 atom stereocenters. The summed E-state index contributed by atoms with van der Waals surface area (Å²) < 4.78 is 3.62. The molecular weight excluding hydrogens is 250 g/mol. The smallest absolute Gasteiger partial charge is 0.276 e. The first-order valence-corrected chi connectivity index (χ1v) is 6.75. The summed E-state index contributed by atoms with van der Waals surface area (Å²) in [5.74, 6) is 0.852. The predicted molar refractivity (Wildman–Crippen MR) is 79.1 cm³/mol. The first-order chi connectivity index (χ1) is 9.66. The van der Waals surface area contributed by atoms with Crippen molar-refractivity contribution in [3.63, 3.8) is 0 Å². The SMILES string of the molecule is Cc1nc(C)n2ccn(CCc3ccccc3)c(=O)c12. The minimum absolute atomic E-state index is 0.0292. The molecule has 3 aromatic rings. The van der Waals surface area contributed by atoms with Crippen LogP contribution in [0.5, 0.6) is 0 Å². The molecule has 102 valence electrons. The third-order valence-electron chi connectivity index (χ3n) is 3.61. The van der Waals surface area contributed by atoms with Gasteiger partial charge in [-0.1, -0.05) is 30.3 Å². The second-order valence-corrected chi connectivity index (χ2v) is 5.00. The maximum absolute atomic E-state index is 12.5. The Morgan fingerprint density at radius 2 is 1.85 bits per heavy atom. The first-order valence-electron chi connectivity index (χ1n) is 6.75. The molecule has 1 aromatic carbocycles. The average Bonchev–Trinajstić information content (AvgIpc) is 2.75. The molecule has 0 saturated heterocycles. The molecule has 20 heavy (non-hydrogen) atoms. The van der Waals surface area contributed by atoms with Gasteiger partial charge in [0.15, 0.2) is 0 Å². The molecule has 0 N–H and O–H groups in total. The van der Waals surface area contributed by atoms with Crippen LogP contribution in [0.3, 0.4) is 0 Å². The molecule has 0 unspecified atom stereocenters. The lowest BCUT2D eigenvalue weighted by molar-refractivity contribution is 0.666. The molecule has 0 saturated carbocycles. The van der Waals surface area contributed by atoms with Crippen molar-refractivity contribution in [1.82, 2.24) is 14.0 Å². The fourth-order valence-corrected chi connectivity index (χ4v) is 2.55. The highest BCUT2D eigenvalue weighted by atomic mass is 16.1. The molecule has 3 rings (SSSR count). The number of aryl methyl sites for hydroxylation is 4. The van der Waals surface area contributed by atoms with E-state index in [4.69, 9.17) is 0 Å². The number of hydrogen-bond donors (Lipinski definition) is 0. The van der Waals surface area contributed by atoms with Gasteiger partial charge in [0.05, 0.1) is 5.69 Å². The van der Waals surface area contributed by atoms with Gasteiger partial charge in [0.25, 0.3) is 5.56 Å². The predicted octanol–water partition coefficient (Wildman–Crippen LogP) is 2.36. The zero-order chi connectivity index (χ0) is 14.1. The first kappa shape index (κ1) is 12.7. The summed E-state index contributed by atoms with van der Waals surface area (Å²) in [7, 11) is 0. The van der Waals surface area contributed by atoms with E-state index >= 15 is 0 Å². The Kier molecular flexibility index (Phi) is 3.14. The van der Waals surface area contributed by atoms with Gasteiger partial charge in [-0.05, 0) is 25.8 Å². The molecule has 0 aliphatic rings. The monoisotopic (exact) mass is 267 g/mol. The second kappa shape index (κ2) is 4.96. The molecule has 0 bridgehead atoms. The average molecular weight is 267 g/mol. The Bertz CT molecular complexity index is 800. The van der Waals surface area contributed by atoms with Gasteiger partial charge >= 0.3 is 0 Å². The van der Waals surface area contributed by atoms with Gasteiger partial charge < -0.3 is 4.57 Å². The number of hydrogen-bond acceptors (Lipinski definition) is 2. The third kappa shape index (κ3) is 2.13. The van der Waals surface area contributed by atoms with E-state index in [0.29, 0.717) is 12.1 Å². The number of benzene rings is 1. The Labute approximate surface area is 117 Å². The number of nitrogens with zero attached hydrogens (tertiary/aromatic N) is 3. The normalized spacial score (nSPS) is 11.1. The molecule has 0 fully saturated rings. The van der Waals surface area contributed by atoms with Crippen molar-refractivity contribution < 1.29 is 0 Å². The zero-order valence-electron chi connectivity index (χ0n) is 11.7. The van der Waals surface area contributed by atoms with Crippen LogP contribution in [0.1, 0.15) is 17.1 Å². The molecule has 4 nitrogen and oxygen atoms in total. The van der Waals surface area contributed by atoms with E-state index in [1.165, 1.54) is 5.56 Å². The van der Waals surface area contributed by atoms with Crippen molar-refractivity contribution in [2.45, 2.75) is 26.8 Å². The van der Waals surface area contributed by atoms with E-state index in [9.17, 15) is 4.79 Å². The van der Waals surface area contributed by atoms with Crippen LogP contribution in [0.25, 0.3) is 5.52 Å². The van der Waals surface area contributed by atoms with E-state index in [-0.39, 0.29) is 5.56 Å². The highest BCUT2D eigenvalue weighted by Gasteiger charge is 2.10. The summed E-state index contributed by atoms with van der Waals surface area (Å²) in [4.78, 5) is 16.8. The van der Waals surface area contributed by atoms with Crippen LogP contribution in [-0.2, 0) is 13.0 Å². The third-order valence-corrected chi connectivity index (χ3v) is 3.61. The summed E-state index contributed by atoms with van der Waals surface area (Å²) >= 11 is 0. The Balaban J connectivity index is 1.95. The molecule has 0 spiro atoms. The topological polar surface area (TPSA) is 39.3 Å². The fourth-order valence-electron chi connectivity index (χ4n) is 2.55. The van der Waals surface area contributed by atoms with Crippen LogP contribution in [0.2, 0.25) is 0 Å². The lowest BCUT2D eigenvalue weighted by Crippen LogP contribution is -2.22. The maximum Gasteiger partial charge on any atom is 0.276 e. The van der Waals surface area contributed by atoms with Crippen LogP contribution in [0, 0.1) is 13.8 Å². The summed E-state index contributed by atoms with van der Waals surface area (Å²) in [6.07, 6.45) is 4.60. The lowest BCUT2D eigenvalue weighted by Gasteiger charge is -2.07. The minimum atomic E-state index is 0.0292. The molecule has 0 aliphatic heterocycles. The standard InChI is InChI=1S/C16H17N3O/c1-12-15-16(20)18(10-11-19(15)13(2)17-12)9-8-14-6-4-3-5-7-14/h3-7,10-11H,8-9H2,1-2H3. The highest BCUT2D eigenvalue weighted by Crippen LogP contribution is 2.07. The van der Waals surface area contributed by atoms with E-state index < -0.39 is 0 Å². The Morgan fingerprint density at radius 1 is 1.10 bits per heavy atom. The zero-order valence-corrected chi connectivity index (χ0v) is 11.7. The number of fused-ring (bicyclic) bond motifs is 1. The van der Waals surface area contributed by atoms with E-state index in [0.717, 1.165) is 17.9 Å². The molecular formula is C16H17N3O. The van der Waals surface area contributed by atoms with Crippen molar-refractivity contribution in [1.29, 1.82) is 0 Å².